The van der Waals surface area contributed by atoms with Gasteiger partial charge < -0.3 is 15.2 Å². The number of hydrogen-bond donors (Lipinski definition) is 1. The van der Waals surface area contributed by atoms with Crippen molar-refractivity contribution in [3.63, 3.8) is 0 Å². The van der Waals surface area contributed by atoms with Crippen LogP contribution in [0.3, 0.4) is 0 Å². The van der Waals surface area contributed by atoms with Crippen molar-refractivity contribution in [2.75, 3.05) is 11.4 Å². The Hall–Kier alpha value is -4.20. The highest BCUT2D eigenvalue weighted by molar-refractivity contribution is 7.92. The van der Waals surface area contributed by atoms with Crippen molar-refractivity contribution in [3.8, 4) is 11.3 Å². The Balaban J connectivity index is 1.81. The number of ether oxygens (including phenoxy) is 2. The third kappa shape index (κ3) is 8.29. The van der Waals surface area contributed by atoms with E-state index in [4.69, 9.17) is 15.2 Å². The summed E-state index contributed by atoms with van der Waals surface area (Å²) in [7, 11) is -4.38. The lowest BCUT2D eigenvalue weighted by molar-refractivity contribution is -0.153. The van der Waals surface area contributed by atoms with Gasteiger partial charge in [0, 0.05) is 23.6 Å². The summed E-state index contributed by atoms with van der Waals surface area (Å²) in [4.78, 5) is 38.1. The molecule has 0 aliphatic rings. The number of carbonyl (C=O) groups is 2. The maximum absolute atomic E-state index is 14.2. The summed E-state index contributed by atoms with van der Waals surface area (Å²) in [6.45, 7) is 9.63. The fourth-order valence-corrected chi connectivity index (χ4v) is 6.47. The predicted octanol–water partition coefficient (Wildman–Crippen LogP) is 5.51. The molecular weight excluding hydrogens is 615 g/mol. The molecule has 0 saturated heterocycles. The summed E-state index contributed by atoms with van der Waals surface area (Å²) in [5, 5.41) is 1.67. The Kier molecular flexibility index (Phi) is 9.76. The van der Waals surface area contributed by atoms with Crippen molar-refractivity contribution in [2.45, 2.75) is 69.1 Å². The molecule has 1 amide bonds. The van der Waals surface area contributed by atoms with E-state index in [1.807, 2.05) is 17.5 Å². The van der Waals surface area contributed by atoms with E-state index in [1.165, 1.54) is 41.8 Å². The van der Waals surface area contributed by atoms with Gasteiger partial charge in [0.25, 0.3) is 0 Å². The summed E-state index contributed by atoms with van der Waals surface area (Å²) >= 11 is 1.47. The number of aromatic nitrogens is 3. The fraction of sp³-hybridized carbons (Fsp3) is 0.344. The molecule has 4 aromatic rings. The first-order valence-corrected chi connectivity index (χ1v) is 16.5. The molecule has 0 aliphatic heterocycles. The van der Waals surface area contributed by atoms with Crippen LogP contribution < -0.4 is 10.6 Å². The number of anilines is 1. The lowest BCUT2D eigenvalue weighted by Crippen LogP contribution is -2.48. The minimum Gasteiger partial charge on any atom is -0.459 e. The third-order valence-corrected chi connectivity index (χ3v) is 9.00. The van der Waals surface area contributed by atoms with E-state index in [0.29, 0.717) is 5.56 Å². The Morgan fingerprint density at radius 1 is 0.889 bits per heavy atom. The summed E-state index contributed by atoms with van der Waals surface area (Å²) in [5.41, 5.74) is 9.13. The molecule has 1 atom stereocenters. The minimum atomic E-state index is -4.38. The van der Waals surface area contributed by atoms with E-state index in [-0.39, 0.29) is 23.0 Å². The molecule has 0 saturated carbocycles. The largest absolute Gasteiger partial charge is 0.459 e. The molecule has 1 unspecified atom stereocenters. The van der Waals surface area contributed by atoms with Crippen LogP contribution in [-0.4, -0.2) is 53.2 Å². The van der Waals surface area contributed by atoms with Gasteiger partial charge in [-0.25, -0.2) is 28.2 Å². The van der Waals surface area contributed by atoms with E-state index in [2.05, 4.69) is 15.0 Å². The molecule has 2 N–H and O–H groups in total. The molecule has 0 fully saturated rings. The molecule has 3 aromatic heterocycles. The van der Waals surface area contributed by atoms with E-state index in [9.17, 15) is 18.0 Å². The number of pyridine rings is 2. The summed E-state index contributed by atoms with van der Waals surface area (Å²) < 4.78 is 39.5. The topological polar surface area (TPSA) is 155 Å². The summed E-state index contributed by atoms with van der Waals surface area (Å²) in [5.74, 6) is -0.751. The zero-order valence-electron chi connectivity index (χ0n) is 26.1. The molecule has 0 bridgehead atoms. The van der Waals surface area contributed by atoms with Gasteiger partial charge in [-0.1, -0.05) is 36.4 Å². The highest BCUT2D eigenvalue weighted by Gasteiger charge is 2.45. The van der Waals surface area contributed by atoms with Gasteiger partial charge in [-0.3, -0.25) is 9.69 Å². The lowest BCUT2D eigenvalue weighted by Gasteiger charge is -2.31. The van der Waals surface area contributed by atoms with E-state index < -0.39 is 44.5 Å². The van der Waals surface area contributed by atoms with Crippen LogP contribution in [0.2, 0.25) is 0 Å². The average molecular weight is 652 g/mol. The van der Waals surface area contributed by atoms with Gasteiger partial charge in [0.15, 0.2) is 9.90 Å². The average Bonchev–Trinajstić information content (AvgIpc) is 3.50. The Bertz CT molecular complexity index is 1730. The number of amides is 1. The SMILES string of the molecule is CC(C)(C)OC(=O)CN(C(=O)OC(C)(C)C)c1cccc(C(N)(Cc2ccc(-c3cscn3)cc2)S(=O)(=O)c2ccccn2)n1. The van der Waals surface area contributed by atoms with Gasteiger partial charge in [-0.2, -0.15) is 0 Å². The molecule has 13 heteroatoms. The Morgan fingerprint density at radius 3 is 2.16 bits per heavy atom. The van der Waals surface area contributed by atoms with Crippen molar-refractivity contribution >= 4 is 39.1 Å². The molecule has 45 heavy (non-hydrogen) atoms. The number of carbonyl (C=O) groups excluding carboxylic acids is 2. The van der Waals surface area contributed by atoms with Crippen molar-refractivity contribution in [2.24, 2.45) is 5.73 Å². The highest BCUT2D eigenvalue weighted by Crippen LogP contribution is 2.34. The maximum atomic E-state index is 14.2. The zero-order valence-corrected chi connectivity index (χ0v) is 27.7. The number of sulfone groups is 1. The van der Waals surface area contributed by atoms with Gasteiger partial charge in [-0.05, 0) is 71.4 Å². The van der Waals surface area contributed by atoms with Crippen LogP contribution >= 0.6 is 11.3 Å². The summed E-state index contributed by atoms with van der Waals surface area (Å²) in [6, 6.07) is 16.2. The number of esters is 1. The van der Waals surface area contributed by atoms with Crippen molar-refractivity contribution < 1.29 is 27.5 Å². The molecule has 11 nitrogen and oxygen atoms in total. The number of benzene rings is 1. The molecule has 238 valence electrons. The first kappa shape index (κ1) is 33.7. The van der Waals surface area contributed by atoms with Crippen LogP contribution in [0.25, 0.3) is 11.3 Å². The molecule has 1 aromatic carbocycles. The van der Waals surface area contributed by atoms with Crippen LogP contribution in [0, 0.1) is 0 Å². The van der Waals surface area contributed by atoms with Crippen molar-refractivity contribution in [1.29, 1.82) is 0 Å². The number of hydrogen-bond acceptors (Lipinski definition) is 11. The molecule has 0 aliphatic carbocycles. The van der Waals surface area contributed by atoms with Crippen LogP contribution in [0.1, 0.15) is 52.8 Å². The van der Waals surface area contributed by atoms with Crippen LogP contribution in [0.15, 0.2) is 82.8 Å². The van der Waals surface area contributed by atoms with Crippen molar-refractivity contribution in [3.05, 3.63) is 89.0 Å². The highest BCUT2D eigenvalue weighted by atomic mass is 32.2. The Labute approximate surface area is 267 Å². The van der Waals surface area contributed by atoms with Gasteiger partial charge in [-0.15, -0.1) is 11.3 Å². The molecule has 4 rings (SSSR count). The fourth-order valence-electron chi connectivity index (χ4n) is 4.34. The maximum Gasteiger partial charge on any atom is 0.416 e. The van der Waals surface area contributed by atoms with Gasteiger partial charge >= 0.3 is 12.1 Å². The quantitative estimate of drug-likeness (QED) is 0.229. The summed E-state index contributed by atoms with van der Waals surface area (Å²) in [6.07, 6.45) is 0.314. The second kappa shape index (κ2) is 13.0. The number of thiazole rings is 1. The smallest absolute Gasteiger partial charge is 0.416 e. The standard InChI is InChI=1S/C32H37N5O6S2/c1-30(2,3)42-28(38)19-37(29(39)43-31(4,5)6)26-11-9-10-25(36-26)32(33,45(40,41)27-12-7-8-17-34-27)18-22-13-15-23(16-14-22)24-20-44-21-35-24/h7-17,20-21H,18-19,33H2,1-6H3. The van der Waals surface area contributed by atoms with Crippen LogP contribution in [0.5, 0.6) is 0 Å². The first-order chi connectivity index (χ1) is 21.0. The second-order valence-electron chi connectivity index (χ2n) is 12.3. The second-order valence-corrected chi connectivity index (χ2v) is 15.2. The van der Waals surface area contributed by atoms with E-state index in [0.717, 1.165) is 16.2 Å². The molecular formula is C32H37N5O6S2. The van der Waals surface area contributed by atoms with Gasteiger partial charge in [0.1, 0.15) is 23.6 Å². The van der Waals surface area contributed by atoms with E-state index in [1.54, 1.807) is 71.3 Å². The zero-order chi connectivity index (χ0) is 33.0. The van der Waals surface area contributed by atoms with Gasteiger partial charge in [0.2, 0.25) is 9.84 Å². The van der Waals surface area contributed by atoms with Gasteiger partial charge in [0.05, 0.1) is 16.9 Å². The number of rotatable bonds is 9. The van der Waals surface area contributed by atoms with Crippen molar-refractivity contribution in [1.82, 2.24) is 15.0 Å². The number of nitrogens with two attached hydrogens (primary N) is 1. The molecule has 0 spiro atoms. The monoisotopic (exact) mass is 651 g/mol. The van der Waals surface area contributed by atoms with Crippen LogP contribution in [-0.2, 0) is 35.4 Å². The molecule has 0 radical (unpaired) electrons. The third-order valence-electron chi connectivity index (χ3n) is 6.31. The normalized spacial score (nSPS) is 13.5. The predicted molar refractivity (Wildman–Crippen MR) is 172 cm³/mol. The minimum absolute atomic E-state index is 0.0439. The number of nitrogens with zero attached hydrogens (tertiary/aromatic N) is 4. The first-order valence-electron chi connectivity index (χ1n) is 14.1. The molecule has 3 heterocycles. The Morgan fingerprint density at radius 2 is 1.58 bits per heavy atom. The van der Waals surface area contributed by atoms with E-state index >= 15 is 0 Å². The van der Waals surface area contributed by atoms with Crippen LogP contribution in [0.4, 0.5) is 10.6 Å². The lowest BCUT2D eigenvalue weighted by atomic mass is 10.0.